The molecule has 0 aliphatic heterocycles. The fraction of sp³-hybridized carbons (Fsp3) is 0.404. The lowest BCUT2D eigenvalue weighted by Gasteiger charge is -2.35. The topological polar surface area (TPSA) is 373 Å². The van der Waals surface area contributed by atoms with Crippen LogP contribution in [0.4, 0.5) is 17.1 Å². The Balaban J connectivity index is 1.23. The average Bonchev–Trinajstić information content (AvgIpc) is 3.74. The van der Waals surface area contributed by atoms with Crippen LogP contribution in [0, 0.1) is 10.1 Å². The number of ether oxygens (including phenoxy) is 4. The van der Waals surface area contributed by atoms with E-state index in [-0.39, 0.29) is 63.5 Å². The third-order valence-corrected chi connectivity index (χ3v) is 12.0. The summed E-state index contributed by atoms with van der Waals surface area (Å²) in [4.78, 5) is 112. The number of nitrogens with zero attached hydrogens (tertiary/aromatic N) is 4. The molecule has 73 heavy (non-hydrogen) atoms. The molecule has 390 valence electrons. The molecule has 2 aliphatic carbocycles. The summed E-state index contributed by atoms with van der Waals surface area (Å²) in [7, 11) is 1.37. The van der Waals surface area contributed by atoms with Crippen molar-refractivity contribution in [3.8, 4) is 23.0 Å². The molecule has 1 amide bonds. The third kappa shape index (κ3) is 14.5. The van der Waals surface area contributed by atoms with E-state index < -0.39 is 122 Å². The van der Waals surface area contributed by atoms with Crippen molar-refractivity contribution >= 4 is 69.8 Å². The van der Waals surface area contributed by atoms with Gasteiger partial charge in [0.25, 0.3) is 11.6 Å². The maximum Gasteiger partial charge on any atom is 0.349 e. The third-order valence-electron chi connectivity index (χ3n) is 12.0. The highest BCUT2D eigenvalue weighted by atomic mass is 16.6. The van der Waals surface area contributed by atoms with Gasteiger partial charge in [0.2, 0.25) is 0 Å². The zero-order valence-corrected chi connectivity index (χ0v) is 39.0. The summed E-state index contributed by atoms with van der Waals surface area (Å²) in [6, 6.07) is 11.2. The van der Waals surface area contributed by atoms with E-state index in [2.05, 4.69) is 5.32 Å². The quantitative estimate of drug-likeness (QED) is 0.0270. The second-order valence-corrected chi connectivity index (χ2v) is 17.2. The first-order chi connectivity index (χ1) is 34.7. The molecule has 3 aromatic carbocycles. The van der Waals surface area contributed by atoms with Crippen LogP contribution in [0.2, 0.25) is 0 Å². The molecule has 1 aromatic heterocycles. The molecular weight excluding hydrogens is 971 g/mol. The number of hydrogen-bond acceptors (Lipinski definition) is 18. The molecule has 0 bridgehead atoms. The number of hydrogen-bond donors (Lipinski definition) is 7. The molecule has 2 aliphatic rings. The van der Waals surface area contributed by atoms with Gasteiger partial charge in [0, 0.05) is 29.6 Å². The van der Waals surface area contributed by atoms with Crippen LogP contribution in [0.25, 0.3) is 11.0 Å². The van der Waals surface area contributed by atoms with Crippen molar-refractivity contribution in [3.05, 3.63) is 86.3 Å². The second kappa shape index (κ2) is 24.0. The number of amides is 1. The first-order valence-electron chi connectivity index (χ1n) is 22.6. The minimum Gasteiger partial charge on any atom is -0.497 e. The van der Waals surface area contributed by atoms with E-state index in [4.69, 9.17) is 23.4 Å². The highest BCUT2D eigenvalue weighted by Crippen LogP contribution is 2.41. The van der Waals surface area contributed by atoms with Gasteiger partial charge in [0.15, 0.2) is 0 Å². The Bertz CT molecular complexity index is 2780. The Kier molecular flexibility index (Phi) is 17.6. The number of carbonyl (C=O) groups excluding carboxylic acids is 1. The predicted molar refractivity (Wildman–Crippen MR) is 251 cm³/mol. The molecular formula is C47H51N5O21. The first-order valence-corrected chi connectivity index (χ1v) is 22.6. The molecule has 7 N–H and O–H groups in total. The van der Waals surface area contributed by atoms with Crippen LogP contribution in [0.1, 0.15) is 60.9 Å². The van der Waals surface area contributed by atoms with Gasteiger partial charge < -0.3 is 69.1 Å². The molecule has 0 spiro atoms. The summed E-state index contributed by atoms with van der Waals surface area (Å²) in [5.41, 5.74) is -2.20. The van der Waals surface area contributed by atoms with Gasteiger partial charge in [-0.1, -0.05) is 0 Å². The van der Waals surface area contributed by atoms with E-state index in [0.29, 0.717) is 43.9 Å². The molecule has 0 unspecified atom stereocenters. The summed E-state index contributed by atoms with van der Waals surface area (Å²) in [5, 5.41) is 72.9. The van der Waals surface area contributed by atoms with Gasteiger partial charge >= 0.3 is 41.4 Å². The van der Waals surface area contributed by atoms with Gasteiger partial charge in [-0.2, -0.15) is 0 Å². The number of methoxy groups -OCH3 is 1. The van der Waals surface area contributed by atoms with E-state index in [0.717, 1.165) is 21.9 Å². The minimum atomic E-state index is -1.45. The normalized spacial score (nSPS) is 17.3. The standard InChI is InChI=1S/C47H51N5O21/c1-69-29-11-12-32(50(20-42(57)58)21-43(59)60)38(15-29)71-35-3-2-4-36(35)72-39-17-33(52(67)68)26(14-34(39)51(22-44(61)62)23-45(63)64)24-70-30-10-5-25-13-31(47(66)73-37(25)16-30)46(65)48-27-6-8-28(9-7-27)49(18-40(53)54)19-41(55)56/h5,10-17,27-28,35-36H,2-4,6-9,18-24H2,1H3,(H,48,65)(H,53,54)(H,55,56)(H,57,58)(H,59,60)(H,61,62)(H,63,64)/t27-,28-,35-,36+/m0/s1. The summed E-state index contributed by atoms with van der Waals surface area (Å²) in [6.07, 6.45) is 0.817. The van der Waals surface area contributed by atoms with E-state index in [1.54, 1.807) is 0 Å². The van der Waals surface area contributed by atoms with E-state index in [9.17, 15) is 79.1 Å². The smallest absolute Gasteiger partial charge is 0.349 e. The fourth-order valence-corrected chi connectivity index (χ4v) is 8.81. The van der Waals surface area contributed by atoms with E-state index in [1.807, 2.05) is 0 Å². The number of anilines is 2. The molecule has 6 rings (SSSR count). The molecule has 2 atom stereocenters. The number of carboxylic acid groups (broad SMARTS) is 6. The van der Waals surface area contributed by atoms with Crippen LogP contribution < -0.4 is 39.7 Å². The van der Waals surface area contributed by atoms with Gasteiger partial charge in [-0.3, -0.25) is 48.6 Å². The lowest BCUT2D eigenvalue weighted by Crippen LogP contribution is -2.47. The van der Waals surface area contributed by atoms with Crippen LogP contribution in [-0.4, -0.2) is 153 Å². The molecule has 0 saturated heterocycles. The fourth-order valence-electron chi connectivity index (χ4n) is 8.81. The number of rotatable bonds is 26. The zero-order chi connectivity index (χ0) is 53.1. The van der Waals surface area contributed by atoms with Crippen LogP contribution in [0.3, 0.4) is 0 Å². The Labute approximate surface area is 413 Å². The Hall–Kier alpha value is -8.68. The molecule has 4 aromatic rings. The van der Waals surface area contributed by atoms with Crippen LogP contribution >= 0.6 is 0 Å². The van der Waals surface area contributed by atoms with Crippen molar-refractivity contribution in [1.29, 1.82) is 0 Å². The maximum atomic E-state index is 13.3. The number of carboxylic acids is 6. The number of aliphatic carboxylic acids is 6. The maximum absolute atomic E-state index is 13.3. The van der Waals surface area contributed by atoms with Crippen LogP contribution in [0.5, 0.6) is 23.0 Å². The highest BCUT2D eigenvalue weighted by molar-refractivity contribution is 5.97. The largest absolute Gasteiger partial charge is 0.497 e. The number of benzene rings is 3. The van der Waals surface area contributed by atoms with Crippen molar-refractivity contribution in [3.63, 3.8) is 0 Å². The summed E-state index contributed by atoms with van der Waals surface area (Å²) in [5.74, 6) is -8.61. The van der Waals surface area contributed by atoms with E-state index in [1.165, 1.54) is 54.5 Å². The van der Waals surface area contributed by atoms with Crippen molar-refractivity contribution in [2.75, 3.05) is 56.2 Å². The molecule has 0 radical (unpaired) electrons. The average molecular weight is 1020 g/mol. The zero-order valence-electron chi connectivity index (χ0n) is 39.0. The summed E-state index contributed by atoms with van der Waals surface area (Å²) in [6.45, 7) is -4.70. The van der Waals surface area contributed by atoms with Crippen LogP contribution in [0.15, 0.2) is 63.8 Å². The molecule has 2 saturated carbocycles. The van der Waals surface area contributed by atoms with Crippen molar-refractivity contribution in [1.82, 2.24) is 10.2 Å². The summed E-state index contributed by atoms with van der Waals surface area (Å²) >= 11 is 0. The van der Waals surface area contributed by atoms with Gasteiger partial charge in [-0.15, -0.1) is 0 Å². The van der Waals surface area contributed by atoms with Gasteiger partial charge in [-0.05, 0) is 81.3 Å². The summed E-state index contributed by atoms with van der Waals surface area (Å²) < 4.78 is 29.4. The second-order valence-electron chi connectivity index (χ2n) is 17.2. The molecule has 26 heteroatoms. The lowest BCUT2D eigenvalue weighted by molar-refractivity contribution is -0.385. The highest BCUT2D eigenvalue weighted by Gasteiger charge is 2.36. The van der Waals surface area contributed by atoms with Crippen LogP contribution in [-0.2, 0) is 35.4 Å². The number of nitro groups is 1. The number of fused-ring (bicyclic) bond motifs is 1. The first kappa shape index (κ1) is 53.7. The molecule has 26 nitrogen and oxygen atoms in total. The molecule has 1 heterocycles. The molecule has 2 fully saturated rings. The number of carbonyl (C=O) groups is 7. The van der Waals surface area contributed by atoms with Crippen molar-refractivity contribution in [2.24, 2.45) is 0 Å². The van der Waals surface area contributed by atoms with E-state index >= 15 is 0 Å². The minimum absolute atomic E-state index is 0.0228. The Morgan fingerprint density at radius 1 is 0.671 bits per heavy atom. The lowest BCUT2D eigenvalue weighted by atomic mass is 9.90. The van der Waals surface area contributed by atoms with Gasteiger partial charge in [0.05, 0.1) is 48.1 Å². The number of nitrogens with one attached hydrogen (secondary N) is 1. The predicted octanol–water partition coefficient (Wildman–Crippen LogP) is 3.13. The SMILES string of the molecule is COc1ccc(N(CC(=O)O)CC(=O)O)c(O[C@H]2CCC[C@H]2Oc2cc([N+](=O)[O-])c(COc3ccc4cc(C(=O)N[C@H]5CC[C@H](N(CC(=O)O)CC(=O)O)CC5)c(=O)oc4c3)cc2N(CC(=O)O)CC(=O)O)c1. The Morgan fingerprint density at radius 3 is 1.74 bits per heavy atom. The van der Waals surface area contributed by atoms with Gasteiger partial charge in [0.1, 0.15) is 79.1 Å². The number of nitro benzene ring substituents is 1. The van der Waals surface area contributed by atoms with Crippen molar-refractivity contribution < 1.29 is 92.5 Å². The van der Waals surface area contributed by atoms with Gasteiger partial charge in [-0.25, -0.2) is 4.79 Å². The van der Waals surface area contributed by atoms with Crippen molar-refractivity contribution in [2.45, 2.75) is 75.8 Å². The Morgan fingerprint density at radius 2 is 1.21 bits per heavy atom. The monoisotopic (exact) mass is 1020 g/mol.